The highest BCUT2D eigenvalue weighted by molar-refractivity contribution is 5.78. The molecule has 0 fully saturated rings. The van der Waals surface area contributed by atoms with Crippen LogP contribution < -0.4 is 16.6 Å². The van der Waals surface area contributed by atoms with Crippen LogP contribution in [0.5, 0.6) is 0 Å². The van der Waals surface area contributed by atoms with Gasteiger partial charge in [0.25, 0.3) is 5.56 Å². The van der Waals surface area contributed by atoms with Gasteiger partial charge >= 0.3 is 11.7 Å². The molecule has 1 N–H and O–H groups in total. The number of aryl methyl sites for hydroxylation is 1. The smallest absolute Gasteiger partial charge is 0.332 e. The lowest BCUT2D eigenvalue weighted by atomic mass is 10.1. The van der Waals surface area contributed by atoms with Gasteiger partial charge < -0.3 is 10.1 Å². The fourth-order valence-electron chi connectivity index (χ4n) is 3.03. The van der Waals surface area contributed by atoms with Crippen LogP contribution in [0.4, 0.5) is 5.95 Å². The van der Waals surface area contributed by atoms with Crippen LogP contribution in [0.15, 0.2) is 39.9 Å². The number of carbonyl (C=O) groups excluding carboxylic acids is 1. The monoisotopic (exact) mass is 385 g/mol. The first kappa shape index (κ1) is 19.4. The van der Waals surface area contributed by atoms with Crippen molar-refractivity contribution in [2.24, 2.45) is 14.1 Å². The molecule has 148 valence electrons. The first-order chi connectivity index (χ1) is 13.4. The Morgan fingerprint density at radius 1 is 1.14 bits per heavy atom. The van der Waals surface area contributed by atoms with Crippen molar-refractivity contribution in [1.29, 1.82) is 0 Å². The van der Waals surface area contributed by atoms with E-state index in [1.54, 1.807) is 14.0 Å². The van der Waals surface area contributed by atoms with Crippen molar-refractivity contribution >= 4 is 23.1 Å². The molecule has 9 nitrogen and oxygen atoms in total. The van der Waals surface area contributed by atoms with Gasteiger partial charge in [-0.05, 0) is 18.9 Å². The van der Waals surface area contributed by atoms with E-state index in [4.69, 9.17) is 4.74 Å². The molecule has 0 unspecified atom stereocenters. The number of hydrogen-bond donors (Lipinski definition) is 1. The van der Waals surface area contributed by atoms with Crippen molar-refractivity contribution < 1.29 is 9.53 Å². The van der Waals surface area contributed by atoms with Crippen LogP contribution in [-0.2, 0) is 36.6 Å². The standard InChI is InChI=1S/C19H23N5O4/c1-4-28-14(25)12-24-15-16(22(2)19(27)23(3)17(15)26)21-18(24)20-11-10-13-8-6-5-7-9-13/h5-9H,4,10-12H2,1-3H3,(H,20,21). The number of rotatable bonds is 7. The van der Waals surface area contributed by atoms with Gasteiger partial charge in [-0.25, -0.2) is 4.79 Å². The number of nitrogens with zero attached hydrogens (tertiary/aromatic N) is 4. The summed E-state index contributed by atoms with van der Waals surface area (Å²) in [5.74, 6) is -0.138. The normalized spacial score (nSPS) is 11.0. The molecule has 2 aromatic heterocycles. The summed E-state index contributed by atoms with van der Waals surface area (Å²) < 4.78 is 8.79. The average Bonchev–Trinajstić information content (AvgIpc) is 3.04. The molecular formula is C19H23N5O4. The van der Waals surface area contributed by atoms with Gasteiger partial charge in [-0.15, -0.1) is 0 Å². The number of imidazole rings is 1. The number of benzene rings is 1. The summed E-state index contributed by atoms with van der Waals surface area (Å²) in [6.07, 6.45) is 0.737. The second-order valence-electron chi connectivity index (χ2n) is 6.37. The molecule has 0 aliphatic heterocycles. The van der Waals surface area contributed by atoms with E-state index >= 15 is 0 Å². The minimum atomic E-state index is -0.508. The minimum Gasteiger partial charge on any atom is -0.465 e. The number of hydrogen-bond acceptors (Lipinski definition) is 6. The Morgan fingerprint density at radius 3 is 2.54 bits per heavy atom. The van der Waals surface area contributed by atoms with Gasteiger partial charge in [0.1, 0.15) is 6.54 Å². The van der Waals surface area contributed by atoms with Gasteiger partial charge in [0.05, 0.1) is 6.61 Å². The molecule has 0 radical (unpaired) electrons. The number of anilines is 1. The molecule has 3 rings (SSSR count). The lowest BCUT2D eigenvalue weighted by molar-refractivity contribution is -0.143. The van der Waals surface area contributed by atoms with E-state index in [1.165, 1.54) is 16.2 Å². The lowest BCUT2D eigenvalue weighted by Gasteiger charge is -2.10. The number of nitrogens with one attached hydrogen (secondary N) is 1. The largest absolute Gasteiger partial charge is 0.465 e. The Kier molecular flexibility index (Phi) is 5.62. The molecule has 0 amide bonds. The van der Waals surface area contributed by atoms with E-state index < -0.39 is 17.2 Å². The zero-order valence-corrected chi connectivity index (χ0v) is 16.1. The first-order valence-corrected chi connectivity index (χ1v) is 9.03. The fraction of sp³-hybridized carbons (Fsp3) is 0.368. The molecule has 3 aromatic rings. The molecule has 0 bridgehead atoms. The second-order valence-corrected chi connectivity index (χ2v) is 6.37. The van der Waals surface area contributed by atoms with Gasteiger partial charge in [-0.1, -0.05) is 30.3 Å². The summed E-state index contributed by atoms with van der Waals surface area (Å²) in [5, 5.41) is 3.17. The van der Waals surface area contributed by atoms with Crippen LogP contribution in [-0.4, -0.2) is 37.8 Å². The molecule has 0 spiro atoms. The molecule has 0 atom stereocenters. The van der Waals surface area contributed by atoms with E-state index in [0.717, 1.165) is 16.6 Å². The molecule has 1 aromatic carbocycles. The van der Waals surface area contributed by atoms with Crippen LogP contribution in [0, 0.1) is 0 Å². The molecule has 28 heavy (non-hydrogen) atoms. The molecule has 2 heterocycles. The summed E-state index contributed by atoms with van der Waals surface area (Å²) in [6, 6.07) is 9.91. The van der Waals surface area contributed by atoms with Gasteiger partial charge in [0, 0.05) is 20.6 Å². The molecule has 0 saturated carbocycles. The summed E-state index contributed by atoms with van der Waals surface area (Å²) in [7, 11) is 2.94. The number of fused-ring (bicyclic) bond motifs is 1. The summed E-state index contributed by atoms with van der Waals surface area (Å²) in [4.78, 5) is 41.4. The predicted molar refractivity (Wildman–Crippen MR) is 105 cm³/mol. The number of aromatic nitrogens is 4. The van der Waals surface area contributed by atoms with Crippen molar-refractivity contribution in [2.45, 2.75) is 19.9 Å². The third-order valence-electron chi connectivity index (χ3n) is 4.48. The predicted octanol–water partition coefficient (Wildman–Crippen LogP) is 0.651. The van der Waals surface area contributed by atoms with Crippen LogP contribution in [0.25, 0.3) is 11.2 Å². The van der Waals surface area contributed by atoms with Crippen molar-refractivity contribution in [3.05, 3.63) is 56.7 Å². The third kappa shape index (κ3) is 3.68. The Labute approximate surface area is 161 Å². The Balaban J connectivity index is 2.01. The molecule has 9 heteroatoms. The highest BCUT2D eigenvalue weighted by Crippen LogP contribution is 2.16. The van der Waals surface area contributed by atoms with E-state index in [9.17, 15) is 14.4 Å². The Hall–Kier alpha value is -3.36. The molecule has 0 aliphatic rings. The van der Waals surface area contributed by atoms with E-state index in [2.05, 4.69) is 10.3 Å². The Bertz CT molecular complexity index is 1110. The zero-order valence-electron chi connectivity index (χ0n) is 16.1. The first-order valence-electron chi connectivity index (χ1n) is 9.03. The molecule has 0 saturated heterocycles. The SMILES string of the molecule is CCOC(=O)Cn1c(NCCc2ccccc2)nc2c1c(=O)n(C)c(=O)n2C. The lowest BCUT2D eigenvalue weighted by Crippen LogP contribution is -2.37. The van der Waals surface area contributed by atoms with E-state index in [-0.39, 0.29) is 24.3 Å². The number of carbonyl (C=O) groups is 1. The quantitative estimate of drug-likeness (QED) is 0.600. The Morgan fingerprint density at radius 2 is 1.86 bits per heavy atom. The van der Waals surface area contributed by atoms with Crippen molar-refractivity contribution in [2.75, 3.05) is 18.5 Å². The summed E-state index contributed by atoms with van der Waals surface area (Å²) >= 11 is 0. The minimum absolute atomic E-state index is 0.175. The fourth-order valence-corrected chi connectivity index (χ4v) is 3.03. The maximum Gasteiger partial charge on any atom is 0.332 e. The average molecular weight is 385 g/mol. The van der Waals surface area contributed by atoms with Crippen LogP contribution >= 0.6 is 0 Å². The van der Waals surface area contributed by atoms with Crippen molar-refractivity contribution in [1.82, 2.24) is 18.7 Å². The third-order valence-corrected chi connectivity index (χ3v) is 4.48. The zero-order chi connectivity index (χ0) is 20.3. The highest BCUT2D eigenvalue weighted by Gasteiger charge is 2.21. The summed E-state index contributed by atoms with van der Waals surface area (Å²) in [6.45, 7) is 2.32. The van der Waals surface area contributed by atoms with Crippen LogP contribution in [0.3, 0.4) is 0 Å². The topological polar surface area (TPSA) is 100 Å². The van der Waals surface area contributed by atoms with Crippen molar-refractivity contribution in [3.8, 4) is 0 Å². The van der Waals surface area contributed by atoms with Crippen molar-refractivity contribution in [3.63, 3.8) is 0 Å². The van der Waals surface area contributed by atoms with Crippen LogP contribution in [0.2, 0.25) is 0 Å². The highest BCUT2D eigenvalue weighted by atomic mass is 16.5. The number of esters is 1. The maximum absolute atomic E-state index is 12.7. The van der Waals surface area contributed by atoms with Gasteiger partial charge in [-0.3, -0.25) is 23.3 Å². The van der Waals surface area contributed by atoms with Gasteiger partial charge in [-0.2, -0.15) is 4.98 Å². The molecule has 0 aliphatic carbocycles. The van der Waals surface area contributed by atoms with E-state index in [1.807, 2.05) is 30.3 Å². The maximum atomic E-state index is 12.7. The van der Waals surface area contributed by atoms with E-state index in [0.29, 0.717) is 12.5 Å². The molecular weight excluding hydrogens is 362 g/mol. The van der Waals surface area contributed by atoms with Gasteiger partial charge in [0.15, 0.2) is 11.2 Å². The second kappa shape index (κ2) is 8.12. The number of ether oxygens (including phenoxy) is 1. The van der Waals surface area contributed by atoms with Crippen LogP contribution in [0.1, 0.15) is 12.5 Å². The summed E-state index contributed by atoms with van der Waals surface area (Å²) in [5.41, 5.74) is 0.561. The van der Waals surface area contributed by atoms with Gasteiger partial charge in [0.2, 0.25) is 5.95 Å².